The van der Waals surface area contributed by atoms with Crippen molar-refractivity contribution in [2.24, 2.45) is 0 Å². The molecule has 0 spiro atoms. The number of hydrogen-bond acceptors (Lipinski definition) is 4. The number of rotatable bonds is 7. The lowest BCUT2D eigenvalue weighted by atomic mass is 10.1. The van der Waals surface area contributed by atoms with Gasteiger partial charge in [0.05, 0.1) is 12.6 Å². The highest BCUT2D eigenvalue weighted by Gasteiger charge is 2.19. The molecule has 0 aliphatic carbocycles. The second-order valence-electron chi connectivity index (χ2n) is 5.49. The summed E-state index contributed by atoms with van der Waals surface area (Å²) in [5, 5.41) is 7.46. The van der Waals surface area contributed by atoms with Crippen LogP contribution >= 0.6 is 11.8 Å². The quantitative estimate of drug-likeness (QED) is 0.629. The van der Waals surface area contributed by atoms with E-state index in [1.54, 1.807) is 16.3 Å². The lowest BCUT2D eigenvalue weighted by molar-refractivity contribution is 0.0941. The minimum absolute atomic E-state index is 0.138. The molecule has 0 saturated carbocycles. The van der Waals surface area contributed by atoms with Crippen LogP contribution in [0, 0.1) is 0 Å². The fraction of sp³-hybridized carbons (Fsp3) is 0.500. The fourth-order valence-electron chi connectivity index (χ4n) is 2.65. The van der Waals surface area contributed by atoms with Crippen LogP contribution in [0.1, 0.15) is 24.8 Å². The molecule has 0 unspecified atom stereocenters. The molecule has 2 heterocycles. The van der Waals surface area contributed by atoms with E-state index in [2.05, 4.69) is 34.5 Å². The SMILES string of the molecule is O=c1[nH]nc(SCCCc2ccccc2)n1C[C@@H]1CCCO1. The number of benzene rings is 1. The number of aryl methyl sites for hydroxylation is 1. The molecule has 1 aliphatic heterocycles. The first-order valence-corrected chi connectivity index (χ1v) is 8.75. The number of aromatic nitrogens is 3. The summed E-state index contributed by atoms with van der Waals surface area (Å²) in [7, 11) is 0. The van der Waals surface area contributed by atoms with Crippen molar-refractivity contribution >= 4 is 11.8 Å². The van der Waals surface area contributed by atoms with Crippen LogP contribution in [-0.2, 0) is 17.7 Å². The van der Waals surface area contributed by atoms with Crippen LogP contribution in [0.25, 0.3) is 0 Å². The maximum absolute atomic E-state index is 11.9. The van der Waals surface area contributed by atoms with Gasteiger partial charge in [0, 0.05) is 12.4 Å². The lowest BCUT2D eigenvalue weighted by Gasteiger charge is -2.10. The number of hydrogen-bond donors (Lipinski definition) is 1. The van der Waals surface area contributed by atoms with Gasteiger partial charge < -0.3 is 4.74 Å². The zero-order valence-corrected chi connectivity index (χ0v) is 13.3. The monoisotopic (exact) mass is 319 g/mol. The molecule has 1 N–H and O–H groups in total. The summed E-state index contributed by atoms with van der Waals surface area (Å²) in [5.74, 6) is 0.949. The summed E-state index contributed by atoms with van der Waals surface area (Å²) in [6.07, 6.45) is 4.37. The van der Waals surface area contributed by atoms with Crippen molar-refractivity contribution in [2.45, 2.75) is 43.5 Å². The first-order chi connectivity index (χ1) is 10.8. The van der Waals surface area contributed by atoms with Crippen LogP contribution < -0.4 is 5.69 Å². The molecule has 1 saturated heterocycles. The van der Waals surface area contributed by atoms with Crippen molar-refractivity contribution in [1.82, 2.24) is 14.8 Å². The number of nitrogens with zero attached hydrogens (tertiary/aromatic N) is 2. The lowest BCUT2D eigenvalue weighted by Crippen LogP contribution is -2.25. The fourth-order valence-corrected chi connectivity index (χ4v) is 3.55. The van der Waals surface area contributed by atoms with Gasteiger partial charge in [-0.1, -0.05) is 42.1 Å². The van der Waals surface area contributed by atoms with E-state index in [0.29, 0.717) is 6.54 Å². The number of H-pyrrole nitrogens is 1. The van der Waals surface area contributed by atoms with E-state index in [-0.39, 0.29) is 11.8 Å². The van der Waals surface area contributed by atoms with Gasteiger partial charge in [0.1, 0.15) is 0 Å². The highest BCUT2D eigenvalue weighted by atomic mass is 32.2. The van der Waals surface area contributed by atoms with E-state index in [1.165, 1.54) is 5.56 Å². The highest BCUT2D eigenvalue weighted by molar-refractivity contribution is 7.99. The van der Waals surface area contributed by atoms with E-state index in [1.807, 2.05) is 6.07 Å². The summed E-state index contributed by atoms with van der Waals surface area (Å²) >= 11 is 1.64. The van der Waals surface area contributed by atoms with Crippen molar-refractivity contribution in [3.8, 4) is 0 Å². The Morgan fingerprint density at radius 2 is 2.23 bits per heavy atom. The van der Waals surface area contributed by atoms with Crippen molar-refractivity contribution in [3.05, 3.63) is 46.4 Å². The van der Waals surface area contributed by atoms with Gasteiger partial charge in [-0.25, -0.2) is 9.89 Å². The molecule has 1 aromatic carbocycles. The molecule has 1 aromatic heterocycles. The molecule has 0 bridgehead atoms. The van der Waals surface area contributed by atoms with Gasteiger partial charge in [0.15, 0.2) is 5.16 Å². The van der Waals surface area contributed by atoms with Gasteiger partial charge in [-0.3, -0.25) is 4.57 Å². The van der Waals surface area contributed by atoms with Crippen molar-refractivity contribution in [2.75, 3.05) is 12.4 Å². The average Bonchev–Trinajstić information content (AvgIpc) is 3.17. The molecule has 2 aromatic rings. The molecule has 3 rings (SSSR count). The van der Waals surface area contributed by atoms with E-state index >= 15 is 0 Å². The molecule has 22 heavy (non-hydrogen) atoms. The number of aromatic amines is 1. The van der Waals surface area contributed by atoms with Crippen LogP contribution in [0.4, 0.5) is 0 Å². The van der Waals surface area contributed by atoms with Gasteiger partial charge in [-0.2, -0.15) is 0 Å². The third kappa shape index (κ3) is 4.01. The van der Waals surface area contributed by atoms with Crippen molar-refractivity contribution in [3.63, 3.8) is 0 Å². The summed E-state index contributed by atoms with van der Waals surface area (Å²) in [4.78, 5) is 11.9. The predicted octanol–water partition coefficient (Wildman–Crippen LogP) is 2.48. The molecule has 118 valence electrons. The molecule has 1 aliphatic rings. The number of thioether (sulfide) groups is 1. The van der Waals surface area contributed by atoms with Gasteiger partial charge in [0.2, 0.25) is 0 Å². The molecular weight excluding hydrogens is 298 g/mol. The second kappa shape index (κ2) is 7.65. The largest absolute Gasteiger partial charge is 0.376 e. The first-order valence-electron chi connectivity index (χ1n) is 7.76. The predicted molar refractivity (Wildman–Crippen MR) is 87.3 cm³/mol. The van der Waals surface area contributed by atoms with E-state index in [4.69, 9.17) is 4.74 Å². The zero-order valence-electron chi connectivity index (χ0n) is 12.5. The molecule has 1 atom stereocenters. The Morgan fingerprint density at radius 3 is 3.00 bits per heavy atom. The van der Waals surface area contributed by atoms with Gasteiger partial charge in [-0.15, -0.1) is 5.10 Å². The minimum Gasteiger partial charge on any atom is -0.376 e. The van der Waals surface area contributed by atoms with E-state index in [9.17, 15) is 4.79 Å². The number of ether oxygens (including phenoxy) is 1. The Labute approximate surface area is 134 Å². The van der Waals surface area contributed by atoms with E-state index in [0.717, 1.165) is 43.2 Å². The van der Waals surface area contributed by atoms with Gasteiger partial charge in [-0.05, 0) is 31.2 Å². The summed E-state index contributed by atoms with van der Waals surface area (Å²) < 4.78 is 7.32. The maximum Gasteiger partial charge on any atom is 0.344 e. The zero-order chi connectivity index (χ0) is 15.2. The summed E-state index contributed by atoms with van der Waals surface area (Å²) in [6.45, 7) is 1.41. The average molecular weight is 319 g/mol. The van der Waals surface area contributed by atoms with Crippen LogP contribution in [0.2, 0.25) is 0 Å². The topological polar surface area (TPSA) is 59.9 Å². The summed E-state index contributed by atoms with van der Waals surface area (Å²) in [5.41, 5.74) is 1.21. The molecular formula is C16H21N3O2S. The smallest absolute Gasteiger partial charge is 0.344 e. The van der Waals surface area contributed by atoms with Crippen molar-refractivity contribution < 1.29 is 4.74 Å². The molecule has 5 nitrogen and oxygen atoms in total. The molecule has 1 fully saturated rings. The van der Waals surface area contributed by atoms with Crippen LogP contribution in [0.3, 0.4) is 0 Å². The van der Waals surface area contributed by atoms with Gasteiger partial charge in [0.25, 0.3) is 0 Å². The number of nitrogens with one attached hydrogen (secondary N) is 1. The molecule has 0 amide bonds. The third-order valence-corrected chi connectivity index (χ3v) is 4.88. The van der Waals surface area contributed by atoms with Crippen LogP contribution in [-0.4, -0.2) is 33.2 Å². The van der Waals surface area contributed by atoms with Gasteiger partial charge >= 0.3 is 5.69 Å². The molecule has 0 radical (unpaired) electrons. The molecule has 6 heteroatoms. The Hall–Kier alpha value is -1.53. The minimum atomic E-state index is -0.138. The van der Waals surface area contributed by atoms with Crippen LogP contribution in [0.5, 0.6) is 0 Å². The Kier molecular flexibility index (Phi) is 5.34. The maximum atomic E-state index is 11.9. The standard InChI is InChI=1S/C16H21N3O2S/c20-15-17-18-16(19(15)12-14-9-4-10-21-14)22-11-5-8-13-6-2-1-3-7-13/h1-3,6-7,14H,4-5,8-12H2,(H,17,20)/t14-/m0/s1. The Morgan fingerprint density at radius 1 is 1.36 bits per heavy atom. The first kappa shape index (κ1) is 15.4. The third-order valence-electron chi connectivity index (χ3n) is 3.82. The van der Waals surface area contributed by atoms with E-state index < -0.39 is 0 Å². The summed E-state index contributed by atoms with van der Waals surface area (Å²) in [6, 6.07) is 10.5. The van der Waals surface area contributed by atoms with Crippen LogP contribution in [0.15, 0.2) is 40.3 Å². The normalized spacial score (nSPS) is 17.9. The Balaban J connectivity index is 1.51. The Bertz CT molecular complexity index is 632. The highest BCUT2D eigenvalue weighted by Crippen LogP contribution is 2.19. The second-order valence-corrected chi connectivity index (χ2v) is 6.56. The van der Waals surface area contributed by atoms with Crippen molar-refractivity contribution in [1.29, 1.82) is 0 Å².